The zero-order chi connectivity index (χ0) is 11.1. The monoisotopic (exact) mass is 211 g/mol. The van der Waals surface area contributed by atoms with Gasteiger partial charge in [-0.15, -0.1) is 0 Å². The molecule has 4 heteroatoms. The van der Waals surface area contributed by atoms with Crippen LogP contribution in [0.15, 0.2) is 41.2 Å². The minimum atomic E-state index is -0.416. The number of H-pyrrole nitrogens is 1. The van der Waals surface area contributed by atoms with Crippen molar-refractivity contribution in [3.8, 4) is 0 Å². The number of fused-ring (bicyclic) bond motifs is 2. The third-order valence-corrected chi connectivity index (χ3v) is 2.63. The third kappa shape index (κ3) is 1.24. The van der Waals surface area contributed by atoms with Gasteiger partial charge in [0.05, 0.1) is 5.52 Å². The Morgan fingerprint density at radius 3 is 2.56 bits per heavy atom. The Hall–Kier alpha value is -2.36. The number of hydrogen-bond donors (Lipinski definition) is 2. The molecule has 3 aromatic rings. The van der Waals surface area contributed by atoms with Gasteiger partial charge < -0.3 is 10.7 Å². The maximum atomic E-state index is 11.2. The topological polar surface area (TPSA) is 71.8 Å². The lowest BCUT2D eigenvalue weighted by Gasteiger charge is -2.03. The lowest BCUT2D eigenvalue weighted by Crippen LogP contribution is -2.12. The van der Waals surface area contributed by atoms with Crippen LogP contribution in [-0.4, -0.2) is 9.97 Å². The van der Waals surface area contributed by atoms with Gasteiger partial charge in [0.25, 0.3) is 0 Å². The highest BCUT2D eigenvalue weighted by Crippen LogP contribution is 2.22. The van der Waals surface area contributed by atoms with Crippen LogP contribution in [0.25, 0.3) is 21.7 Å². The van der Waals surface area contributed by atoms with Crippen molar-refractivity contribution in [2.75, 3.05) is 5.73 Å². The molecule has 0 saturated heterocycles. The van der Waals surface area contributed by atoms with Gasteiger partial charge in [-0.3, -0.25) is 0 Å². The largest absolute Gasteiger partial charge is 0.383 e. The van der Waals surface area contributed by atoms with E-state index in [1.54, 1.807) is 0 Å². The van der Waals surface area contributed by atoms with E-state index in [1.807, 2.05) is 36.4 Å². The van der Waals surface area contributed by atoms with Gasteiger partial charge in [0.2, 0.25) is 0 Å². The molecule has 0 radical (unpaired) electrons. The Balaban J connectivity index is 2.56. The molecule has 0 aliphatic rings. The number of anilines is 1. The van der Waals surface area contributed by atoms with Crippen LogP contribution in [0.2, 0.25) is 0 Å². The fraction of sp³-hybridized carbons (Fsp3) is 0. The summed E-state index contributed by atoms with van der Waals surface area (Å²) < 4.78 is 0. The standard InChI is InChI=1S/C12H9N3O/c13-11-9-5-7-3-1-2-4-8(7)6-10(9)14-12(16)15-11/h1-6H,(H3,13,14,15,16). The molecule has 3 N–H and O–H groups in total. The van der Waals surface area contributed by atoms with Crippen molar-refractivity contribution in [3.05, 3.63) is 46.9 Å². The Morgan fingerprint density at radius 2 is 1.81 bits per heavy atom. The van der Waals surface area contributed by atoms with E-state index in [9.17, 15) is 4.79 Å². The van der Waals surface area contributed by atoms with Crippen molar-refractivity contribution in [2.45, 2.75) is 0 Å². The first-order chi connectivity index (χ1) is 7.74. The zero-order valence-corrected chi connectivity index (χ0v) is 8.40. The number of aromatic nitrogens is 2. The quantitative estimate of drug-likeness (QED) is 0.555. The molecule has 0 bridgehead atoms. The van der Waals surface area contributed by atoms with E-state index < -0.39 is 5.69 Å². The molecule has 1 heterocycles. The number of hydrogen-bond acceptors (Lipinski definition) is 3. The SMILES string of the molecule is Nc1nc(=O)[nH]c2cc3ccccc3cc12. The summed E-state index contributed by atoms with van der Waals surface area (Å²) in [4.78, 5) is 17.5. The molecular formula is C12H9N3O. The van der Waals surface area contributed by atoms with Crippen molar-refractivity contribution in [2.24, 2.45) is 0 Å². The van der Waals surface area contributed by atoms with Gasteiger partial charge in [0.1, 0.15) is 5.82 Å². The molecular weight excluding hydrogens is 202 g/mol. The van der Waals surface area contributed by atoms with Crippen LogP contribution in [0, 0.1) is 0 Å². The van der Waals surface area contributed by atoms with Gasteiger partial charge in [-0.2, -0.15) is 4.98 Å². The summed E-state index contributed by atoms with van der Waals surface area (Å²) in [6, 6.07) is 11.7. The lowest BCUT2D eigenvalue weighted by molar-refractivity contribution is 1.13. The van der Waals surface area contributed by atoms with Crippen LogP contribution >= 0.6 is 0 Å². The van der Waals surface area contributed by atoms with Crippen molar-refractivity contribution in [1.82, 2.24) is 9.97 Å². The highest BCUT2D eigenvalue weighted by atomic mass is 16.1. The molecule has 3 rings (SSSR count). The summed E-state index contributed by atoms with van der Waals surface area (Å²) in [7, 11) is 0. The molecule has 16 heavy (non-hydrogen) atoms. The zero-order valence-electron chi connectivity index (χ0n) is 8.40. The summed E-state index contributed by atoms with van der Waals surface area (Å²) in [5, 5.41) is 2.92. The molecule has 0 aliphatic carbocycles. The molecule has 2 aromatic carbocycles. The summed E-state index contributed by atoms with van der Waals surface area (Å²) in [5.41, 5.74) is 6.02. The number of nitrogen functional groups attached to an aromatic ring is 1. The summed E-state index contributed by atoms with van der Waals surface area (Å²) in [6.07, 6.45) is 0. The summed E-state index contributed by atoms with van der Waals surface area (Å²) in [5.74, 6) is 0.268. The first-order valence-corrected chi connectivity index (χ1v) is 4.92. The van der Waals surface area contributed by atoms with Gasteiger partial charge in [-0.05, 0) is 22.9 Å². The average Bonchev–Trinajstić information content (AvgIpc) is 2.27. The van der Waals surface area contributed by atoms with E-state index in [2.05, 4.69) is 9.97 Å². The molecule has 0 fully saturated rings. The van der Waals surface area contributed by atoms with Crippen LogP contribution in [0.5, 0.6) is 0 Å². The van der Waals surface area contributed by atoms with E-state index in [4.69, 9.17) is 5.73 Å². The second-order valence-corrected chi connectivity index (χ2v) is 3.67. The van der Waals surface area contributed by atoms with Crippen LogP contribution in [0.1, 0.15) is 0 Å². The Labute approximate surface area is 90.7 Å². The number of aromatic amines is 1. The van der Waals surface area contributed by atoms with Crippen molar-refractivity contribution >= 4 is 27.5 Å². The fourth-order valence-corrected chi connectivity index (χ4v) is 1.87. The molecule has 1 aromatic heterocycles. The van der Waals surface area contributed by atoms with Crippen LogP contribution in [-0.2, 0) is 0 Å². The number of nitrogens with one attached hydrogen (secondary N) is 1. The van der Waals surface area contributed by atoms with Gasteiger partial charge in [0.15, 0.2) is 0 Å². The minimum absolute atomic E-state index is 0.268. The number of nitrogens with two attached hydrogens (primary N) is 1. The van der Waals surface area contributed by atoms with Gasteiger partial charge in [-0.25, -0.2) is 4.79 Å². The van der Waals surface area contributed by atoms with Crippen molar-refractivity contribution < 1.29 is 0 Å². The lowest BCUT2D eigenvalue weighted by atomic mass is 10.1. The Kier molecular flexibility index (Phi) is 1.71. The molecule has 0 spiro atoms. The van der Waals surface area contributed by atoms with E-state index in [0.29, 0.717) is 0 Å². The van der Waals surface area contributed by atoms with E-state index in [1.165, 1.54) is 0 Å². The van der Waals surface area contributed by atoms with Crippen LogP contribution in [0.3, 0.4) is 0 Å². The highest BCUT2D eigenvalue weighted by Gasteiger charge is 2.03. The van der Waals surface area contributed by atoms with Crippen molar-refractivity contribution in [1.29, 1.82) is 0 Å². The average molecular weight is 211 g/mol. The Morgan fingerprint density at radius 1 is 1.12 bits per heavy atom. The third-order valence-electron chi connectivity index (χ3n) is 2.63. The number of nitrogens with zero attached hydrogens (tertiary/aromatic N) is 1. The molecule has 78 valence electrons. The van der Waals surface area contributed by atoms with Crippen LogP contribution in [0.4, 0.5) is 5.82 Å². The van der Waals surface area contributed by atoms with E-state index in [0.717, 1.165) is 21.7 Å². The summed E-state index contributed by atoms with van der Waals surface area (Å²) in [6.45, 7) is 0. The molecule has 4 nitrogen and oxygen atoms in total. The normalized spacial score (nSPS) is 11.0. The first kappa shape index (κ1) is 8.91. The molecule has 0 aliphatic heterocycles. The molecule has 0 unspecified atom stereocenters. The smallest absolute Gasteiger partial charge is 0.347 e. The highest BCUT2D eigenvalue weighted by molar-refractivity contribution is 6.00. The summed E-state index contributed by atoms with van der Waals surface area (Å²) >= 11 is 0. The predicted molar refractivity (Wildman–Crippen MR) is 64.3 cm³/mol. The van der Waals surface area contributed by atoms with E-state index >= 15 is 0 Å². The number of rotatable bonds is 0. The minimum Gasteiger partial charge on any atom is -0.383 e. The number of benzene rings is 2. The molecule has 0 atom stereocenters. The van der Waals surface area contributed by atoms with Crippen LogP contribution < -0.4 is 11.4 Å². The Bertz CT molecular complexity index is 746. The second-order valence-electron chi connectivity index (χ2n) is 3.67. The van der Waals surface area contributed by atoms with Gasteiger partial charge >= 0.3 is 5.69 Å². The fourth-order valence-electron chi connectivity index (χ4n) is 1.87. The maximum absolute atomic E-state index is 11.2. The van der Waals surface area contributed by atoms with Crippen molar-refractivity contribution in [3.63, 3.8) is 0 Å². The maximum Gasteiger partial charge on any atom is 0.347 e. The van der Waals surface area contributed by atoms with Gasteiger partial charge in [0, 0.05) is 5.39 Å². The molecule has 0 amide bonds. The van der Waals surface area contributed by atoms with E-state index in [-0.39, 0.29) is 5.82 Å². The predicted octanol–water partition coefficient (Wildman–Crippen LogP) is 1.66. The second kappa shape index (κ2) is 3.06. The first-order valence-electron chi connectivity index (χ1n) is 4.92. The van der Waals surface area contributed by atoms with Gasteiger partial charge in [-0.1, -0.05) is 24.3 Å². The molecule has 0 saturated carbocycles.